The molecule has 0 atom stereocenters. The zero-order valence-corrected chi connectivity index (χ0v) is 18.2. The topological polar surface area (TPSA) is 88.4 Å². The minimum Gasteiger partial charge on any atom is -0.305 e. The highest BCUT2D eigenvalue weighted by Gasteiger charge is 2.34. The lowest BCUT2D eigenvalue weighted by Gasteiger charge is -2.17. The van der Waals surface area contributed by atoms with E-state index in [9.17, 15) is 13.2 Å². The summed E-state index contributed by atoms with van der Waals surface area (Å²) in [7, 11) is -0.612. The van der Waals surface area contributed by atoms with E-state index in [-0.39, 0.29) is 16.6 Å². The summed E-state index contributed by atoms with van der Waals surface area (Å²) >= 11 is 0. The van der Waals surface area contributed by atoms with Crippen molar-refractivity contribution in [2.45, 2.75) is 30.1 Å². The molecule has 1 fully saturated rings. The Morgan fingerprint density at radius 1 is 1.10 bits per heavy atom. The predicted molar refractivity (Wildman–Crippen MR) is 116 cm³/mol. The number of carbonyl (C=O) groups excluding carboxylic acids is 1. The average molecular weight is 438 g/mol. The molecule has 1 saturated carbocycles. The van der Waals surface area contributed by atoms with E-state index in [1.165, 1.54) is 18.4 Å². The lowest BCUT2D eigenvalue weighted by Crippen LogP contribution is -2.30. The minimum absolute atomic E-state index is 0.138. The Labute approximate surface area is 181 Å². The first kappa shape index (κ1) is 19.9. The molecule has 2 heterocycles. The number of amides is 1. The summed E-state index contributed by atoms with van der Waals surface area (Å²) < 4.78 is 28.0. The Morgan fingerprint density at radius 2 is 1.84 bits per heavy atom. The zero-order chi connectivity index (χ0) is 21.8. The number of hydrogen-bond acceptors (Lipinski definition) is 5. The molecule has 0 unspecified atom stereocenters. The van der Waals surface area contributed by atoms with Gasteiger partial charge >= 0.3 is 0 Å². The molecule has 1 amide bonds. The number of aromatic nitrogens is 3. The third kappa shape index (κ3) is 3.43. The second kappa shape index (κ2) is 7.28. The second-order valence-corrected chi connectivity index (χ2v) is 10.3. The van der Waals surface area contributed by atoms with Crippen LogP contribution >= 0.6 is 0 Å². The summed E-state index contributed by atoms with van der Waals surface area (Å²) in [6, 6.07) is 14.6. The van der Waals surface area contributed by atoms with Gasteiger partial charge in [-0.3, -0.25) is 4.79 Å². The molecular weight excluding hydrogens is 414 g/mol. The van der Waals surface area contributed by atoms with Crippen molar-refractivity contribution < 1.29 is 13.2 Å². The van der Waals surface area contributed by atoms with Crippen LogP contribution < -0.4 is 4.90 Å². The fraction of sp³-hybridized carbons (Fsp3) is 0.318. The highest BCUT2D eigenvalue weighted by atomic mass is 32.2. The van der Waals surface area contributed by atoms with Gasteiger partial charge in [-0.2, -0.15) is 0 Å². The van der Waals surface area contributed by atoms with Gasteiger partial charge in [0.15, 0.2) is 0 Å². The first-order valence-electron chi connectivity index (χ1n) is 10.3. The van der Waals surface area contributed by atoms with Gasteiger partial charge in [0.25, 0.3) is 5.91 Å². The van der Waals surface area contributed by atoms with E-state index >= 15 is 0 Å². The molecule has 0 radical (unpaired) electrons. The zero-order valence-electron chi connectivity index (χ0n) is 17.4. The lowest BCUT2D eigenvalue weighted by molar-refractivity contribution is 0.0979. The molecule has 8 nitrogen and oxygen atoms in total. The number of anilines is 1. The second-order valence-electron chi connectivity index (χ2n) is 8.10. The van der Waals surface area contributed by atoms with Crippen LogP contribution in [0.1, 0.15) is 40.8 Å². The Kier molecular flexibility index (Phi) is 4.67. The number of rotatable bonds is 5. The molecule has 5 rings (SSSR count). The van der Waals surface area contributed by atoms with Crippen LogP contribution in [0.25, 0.3) is 5.69 Å². The molecule has 1 aromatic heterocycles. The molecule has 9 heteroatoms. The highest BCUT2D eigenvalue weighted by Crippen LogP contribution is 2.40. The van der Waals surface area contributed by atoms with Gasteiger partial charge in [0.05, 0.1) is 10.6 Å². The number of sulfonamides is 1. The summed E-state index contributed by atoms with van der Waals surface area (Å²) in [5, 5.41) is 4.55. The molecule has 0 N–H and O–H groups in total. The minimum atomic E-state index is -3.59. The standard InChI is InChI=1S/C22H23N5O3S/c1-25(2)31(29,30)18-11-10-15-12-13-26(19(15)14-18)22(28)20-23-21(16-8-9-16)27(24-20)17-6-4-3-5-7-17/h3-7,10-11,14,16H,8-9,12-13H2,1-2H3. The molecule has 160 valence electrons. The van der Waals surface area contributed by atoms with Crippen LogP contribution in [-0.2, 0) is 16.4 Å². The van der Waals surface area contributed by atoms with Crippen LogP contribution in [0.3, 0.4) is 0 Å². The Balaban J connectivity index is 1.52. The molecule has 2 aromatic carbocycles. The fourth-order valence-corrected chi connectivity index (χ4v) is 4.76. The van der Waals surface area contributed by atoms with Crippen molar-refractivity contribution in [2.24, 2.45) is 0 Å². The number of para-hydroxylation sites is 1. The summed E-state index contributed by atoms with van der Waals surface area (Å²) in [4.78, 5) is 19.7. The summed E-state index contributed by atoms with van der Waals surface area (Å²) in [6.07, 6.45) is 2.74. The molecule has 31 heavy (non-hydrogen) atoms. The van der Waals surface area contributed by atoms with Gasteiger partial charge in [-0.1, -0.05) is 24.3 Å². The summed E-state index contributed by atoms with van der Waals surface area (Å²) in [5.74, 6) is 0.948. The third-order valence-electron chi connectivity index (χ3n) is 5.74. The van der Waals surface area contributed by atoms with Gasteiger partial charge < -0.3 is 4.90 Å². The molecule has 1 aliphatic carbocycles. The van der Waals surface area contributed by atoms with Crippen LogP contribution in [0.15, 0.2) is 53.4 Å². The quantitative estimate of drug-likeness (QED) is 0.612. The van der Waals surface area contributed by atoms with Crippen molar-refractivity contribution in [3.63, 3.8) is 0 Å². The van der Waals surface area contributed by atoms with Crippen molar-refractivity contribution in [1.82, 2.24) is 19.1 Å². The van der Waals surface area contributed by atoms with E-state index in [1.807, 2.05) is 30.3 Å². The van der Waals surface area contributed by atoms with Crippen molar-refractivity contribution >= 4 is 21.6 Å². The number of fused-ring (bicyclic) bond motifs is 1. The van der Waals surface area contributed by atoms with Gasteiger partial charge in [-0.25, -0.2) is 22.4 Å². The number of nitrogens with zero attached hydrogens (tertiary/aromatic N) is 5. The summed E-state index contributed by atoms with van der Waals surface area (Å²) in [6.45, 7) is 0.471. The first-order valence-corrected chi connectivity index (χ1v) is 11.7. The van der Waals surface area contributed by atoms with Crippen molar-refractivity contribution in [2.75, 3.05) is 25.5 Å². The van der Waals surface area contributed by atoms with E-state index in [0.29, 0.717) is 24.6 Å². The maximum absolute atomic E-state index is 13.4. The number of benzene rings is 2. The average Bonchev–Trinajstić information content (AvgIpc) is 3.37. The van der Waals surface area contributed by atoms with Gasteiger partial charge in [0, 0.05) is 32.2 Å². The fourth-order valence-electron chi connectivity index (χ4n) is 3.84. The maximum atomic E-state index is 13.4. The molecule has 1 aliphatic heterocycles. The predicted octanol–water partition coefficient (Wildman–Crippen LogP) is 2.60. The first-order chi connectivity index (χ1) is 14.9. The van der Waals surface area contributed by atoms with Crippen molar-refractivity contribution in [1.29, 1.82) is 0 Å². The van der Waals surface area contributed by atoms with Gasteiger partial charge in [0.2, 0.25) is 15.8 Å². The molecule has 0 bridgehead atoms. The Morgan fingerprint density at radius 3 is 2.52 bits per heavy atom. The van der Waals surface area contributed by atoms with E-state index < -0.39 is 10.0 Å². The third-order valence-corrected chi connectivity index (χ3v) is 7.55. The molecular formula is C22H23N5O3S. The summed E-state index contributed by atoms with van der Waals surface area (Å²) in [5.41, 5.74) is 2.42. The van der Waals surface area contributed by atoms with Crippen molar-refractivity contribution in [3.05, 3.63) is 65.7 Å². The van der Waals surface area contributed by atoms with Crippen LogP contribution in [0.2, 0.25) is 0 Å². The van der Waals surface area contributed by atoms with Gasteiger partial charge in [-0.05, 0) is 49.1 Å². The van der Waals surface area contributed by atoms with Gasteiger partial charge in [-0.15, -0.1) is 5.10 Å². The normalized spacial score (nSPS) is 16.0. The maximum Gasteiger partial charge on any atom is 0.297 e. The number of hydrogen-bond donors (Lipinski definition) is 0. The van der Waals surface area contributed by atoms with Crippen LogP contribution in [0, 0.1) is 0 Å². The van der Waals surface area contributed by atoms with E-state index in [2.05, 4.69) is 10.1 Å². The number of carbonyl (C=O) groups is 1. The SMILES string of the molecule is CN(C)S(=O)(=O)c1ccc2c(c1)N(C(=O)c1nc(C3CC3)n(-c3ccccc3)n1)CC2. The lowest BCUT2D eigenvalue weighted by atomic mass is 10.2. The Bertz CT molecular complexity index is 1260. The Hall–Kier alpha value is -3.04. The van der Waals surface area contributed by atoms with Crippen LogP contribution in [-0.4, -0.2) is 54.0 Å². The monoisotopic (exact) mass is 437 g/mol. The largest absolute Gasteiger partial charge is 0.305 e. The van der Waals surface area contributed by atoms with Crippen LogP contribution in [0.5, 0.6) is 0 Å². The molecule has 2 aliphatic rings. The van der Waals surface area contributed by atoms with Crippen molar-refractivity contribution in [3.8, 4) is 5.69 Å². The highest BCUT2D eigenvalue weighted by molar-refractivity contribution is 7.89. The van der Waals surface area contributed by atoms with E-state index in [4.69, 9.17) is 0 Å². The van der Waals surface area contributed by atoms with Crippen LogP contribution in [0.4, 0.5) is 5.69 Å². The molecule has 3 aromatic rings. The smallest absolute Gasteiger partial charge is 0.297 e. The van der Waals surface area contributed by atoms with Gasteiger partial charge in [0.1, 0.15) is 5.82 Å². The molecule has 0 spiro atoms. The van der Waals surface area contributed by atoms with E-state index in [0.717, 1.165) is 29.9 Å². The molecule has 0 saturated heterocycles. The van der Waals surface area contributed by atoms with E-state index in [1.54, 1.807) is 27.8 Å².